The molecule has 0 spiro atoms. The Morgan fingerprint density at radius 3 is 2.69 bits per heavy atom. The Hall–Kier alpha value is -2.21. The molecule has 26 heavy (non-hydrogen) atoms. The highest BCUT2D eigenvalue weighted by Gasteiger charge is 2.29. The van der Waals surface area contributed by atoms with Gasteiger partial charge in [0.05, 0.1) is 11.7 Å². The van der Waals surface area contributed by atoms with Gasteiger partial charge in [0.15, 0.2) is 5.69 Å². The van der Waals surface area contributed by atoms with Crippen LogP contribution in [0.5, 0.6) is 0 Å². The monoisotopic (exact) mass is 353 g/mol. The summed E-state index contributed by atoms with van der Waals surface area (Å²) in [5, 5.41) is 11.9. The van der Waals surface area contributed by atoms with E-state index in [0.717, 1.165) is 50.9 Å². The molecule has 0 bridgehead atoms. The molecule has 1 aromatic heterocycles. The Labute approximate surface area is 154 Å². The van der Waals surface area contributed by atoms with Gasteiger partial charge in [-0.1, -0.05) is 29.5 Å². The zero-order valence-electron chi connectivity index (χ0n) is 15.6. The molecule has 2 heterocycles. The van der Waals surface area contributed by atoms with E-state index in [-0.39, 0.29) is 11.9 Å². The number of likely N-dealkylation sites (N-methyl/N-ethyl adjacent to an activating group) is 1. The third-order valence-corrected chi connectivity index (χ3v) is 5.97. The summed E-state index contributed by atoms with van der Waals surface area (Å²) < 4.78 is 1.96. The van der Waals surface area contributed by atoms with Crippen LogP contribution < -0.4 is 5.32 Å². The van der Waals surface area contributed by atoms with Crippen molar-refractivity contribution < 1.29 is 4.79 Å². The molecule has 1 fully saturated rings. The number of nitrogens with zero attached hydrogens (tertiary/aromatic N) is 4. The molecule has 2 aliphatic rings. The largest absolute Gasteiger partial charge is 0.337 e. The van der Waals surface area contributed by atoms with Gasteiger partial charge in [0.2, 0.25) is 0 Å². The predicted octanol–water partition coefficient (Wildman–Crippen LogP) is 2.14. The first-order valence-electron chi connectivity index (χ1n) is 9.61. The second-order valence-electron chi connectivity index (χ2n) is 7.53. The van der Waals surface area contributed by atoms with E-state index in [1.807, 2.05) is 23.6 Å². The fourth-order valence-electron chi connectivity index (χ4n) is 4.28. The minimum absolute atomic E-state index is 0.00735. The molecule has 2 aromatic rings. The maximum Gasteiger partial charge on any atom is 0.276 e. The fourth-order valence-corrected chi connectivity index (χ4v) is 4.28. The molecule has 1 saturated heterocycles. The van der Waals surface area contributed by atoms with Crippen LogP contribution in [0.1, 0.15) is 52.6 Å². The Balaban J connectivity index is 1.50. The summed E-state index contributed by atoms with van der Waals surface area (Å²) in [6.45, 7) is 3.96. The van der Waals surface area contributed by atoms with Gasteiger partial charge in [-0.3, -0.25) is 4.79 Å². The molecular weight excluding hydrogens is 326 g/mol. The predicted molar refractivity (Wildman–Crippen MR) is 100 cm³/mol. The van der Waals surface area contributed by atoms with Crippen LogP contribution in [0.15, 0.2) is 24.3 Å². The van der Waals surface area contributed by atoms with Gasteiger partial charge < -0.3 is 10.2 Å². The molecule has 1 N–H and O–H groups in total. The summed E-state index contributed by atoms with van der Waals surface area (Å²) in [6.07, 6.45) is 5.01. The van der Waals surface area contributed by atoms with Gasteiger partial charge in [-0.25, -0.2) is 4.68 Å². The highest BCUT2D eigenvalue weighted by molar-refractivity contribution is 5.93. The highest BCUT2D eigenvalue weighted by Crippen LogP contribution is 2.26. The topological polar surface area (TPSA) is 63.1 Å². The maximum absolute atomic E-state index is 13.1. The number of fused-ring (bicyclic) bond motifs is 1. The number of hydrogen-bond acceptors (Lipinski definition) is 4. The standard InChI is InChI=1S/C20H27N5O/c1-14-19(22-23-25(14)17-9-11-21-12-10-17)20(26)24(2)18-8-7-15-5-3-4-6-16(15)13-18/h3-6,17-18,21H,7-13H2,1-2H3. The molecule has 0 radical (unpaired) electrons. The van der Waals surface area contributed by atoms with E-state index in [1.165, 1.54) is 11.1 Å². The lowest BCUT2D eigenvalue weighted by Crippen LogP contribution is -2.41. The third kappa shape index (κ3) is 3.14. The van der Waals surface area contributed by atoms with Crippen molar-refractivity contribution in [3.8, 4) is 0 Å². The number of carbonyl (C=O) groups is 1. The molecule has 4 rings (SSSR count). The van der Waals surface area contributed by atoms with Gasteiger partial charge in [-0.2, -0.15) is 0 Å². The van der Waals surface area contributed by atoms with Gasteiger partial charge in [0, 0.05) is 13.1 Å². The molecule has 0 saturated carbocycles. The maximum atomic E-state index is 13.1. The average molecular weight is 353 g/mol. The number of rotatable bonds is 3. The Morgan fingerprint density at radius 2 is 1.92 bits per heavy atom. The van der Waals surface area contributed by atoms with Crippen LogP contribution >= 0.6 is 0 Å². The van der Waals surface area contributed by atoms with Crippen molar-refractivity contribution >= 4 is 5.91 Å². The summed E-state index contributed by atoms with van der Waals surface area (Å²) in [4.78, 5) is 14.9. The summed E-state index contributed by atoms with van der Waals surface area (Å²) in [6, 6.07) is 9.12. The summed E-state index contributed by atoms with van der Waals surface area (Å²) in [5.41, 5.74) is 4.17. The van der Waals surface area contributed by atoms with Gasteiger partial charge in [0.25, 0.3) is 5.91 Å². The van der Waals surface area contributed by atoms with Crippen LogP contribution in [0.2, 0.25) is 0 Å². The number of aryl methyl sites for hydroxylation is 1. The lowest BCUT2D eigenvalue weighted by atomic mass is 9.87. The van der Waals surface area contributed by atoms with Crippen molar-refractivity contribution in [3.63, 3.8) is 0 Å². The number of nitrogens with one attached hydrogen (secondary N) is 1. The smallest absolute Gasteiger partial charge is 0.276 e. The van der Waals surface area contributed by atoms with Crippen molar-refractivity contribution in [2.24, 2.45) is 0 Å². The number of piperidine rings is 1. The van der Waals surface area contributed by atoms with Crippen LogP contribution in [0.4, 0.5) is 0 Å². The van der Waals surface area contributed by atoms with Crippen molar-refractivity contribution in [3.05, 3.63) is 46.8 Å². The minimum atomic E-state index is -0.00735. The van der Waals surface area contributed by atoms with Crippen LogP contribution in [0, 0.1) is 6.92 Å². The highest BCUT2D eigenvalue weighted by atomic mass is 16.2. The van der Waals surface area contributed by atoms with Crippen molar-refractivity contribution in [2.75, 3.05) is 20.1 Å². The van der Waals surface area contributed by atoms with Gasteiger partial charge >= 0.3 is 0 Å². The second-order valence-corrected chi connectivity index (χ2v) is 7.53. The number of amides is 1. The first-order valence-corrected chi connectivity index (χ1v) is 9.61. The molecule has 1 amide bonds. The quantitative estimate of drug-likeness (QED) is 0.918. The number of hydrogen-bond donors (Lipinski definition) is 1. The lowest BCUT2D eigenvalue weighted by Gasteiger charge is -2.32. The molecule has 6 heteroatoms. The first kappa shape index (κ1) is 17.2. The normalized spacial score (nSPS) is 20.6. The molecular formula is C20H27N5O. The van der Waals surface area contributed by atoms with E-state index in [4.69, 9.17) is 0 Å². The molecule has 1 unspecified atom stereocenters. The molecule has 1 aliphatic heterocycles. The zero-order valence-corrected chi connectivity index (χ0v) is 15.6. The first-order chi connectivity index (χ1) is 12.6. The lowest BCUT2D eigenvalue weighted by molar-refractivity contribution is 0.0712. The summed E-state index contributed by atoms with van der Waals surface area (Å²) >= 11 is 0. The average Bonchev–Trinajstić information content (AvgIpc) is 3.08. The molecule has 138 valence electrons. The van der Waals surface area contributed by atoms with Gasteiger partial charge in [-0.15, -0.1) is 5.10 Å². The van der Waals surface area contributed by atoms with Crippen LogP contribution in [0.3, 0.4) is 0 Å². The number of benzene rings is 1. The second kappa shape index (κ2) is 7.19. The number of aromatic nitrogens is 3. The van der Waals surface area contributed by atoms with Crippen molar-refractivity contribution in [1.82, 2.24) is 25.2 Å². The van der Waals surface area contributed by atoms with E-state index >= 15 is 0 Å². The van der Waals surface area contributed by atoms with Crippen molar-refractivity contribution in [1.29, 1.82) is 0 Å². The van der Waals surface area contributed by atoms with E-state index in [1.54, 1.807) is 0 Å². The third-order valence-electron chi connectivity index (χ3n) is 5.97. The Kier molecular flexibility index (Phi) is 4.76. The van der Waals surface area contributed by atoms with Crippen LogP contribution in [-0.2, 0) is 12.8 Å². The van der Waals surface area contributed by atoms with Gasteiger partial charge in [-0.05, 0) is 63.2 Å². The number of carbonyl (C=O) groups excluding carboxylic acids is 1. The van der Waals surface area contributed by atoms with E-state index in [9.17, 15) is 4.79 Å². The Bertz CT molecular complexity index is 793. The fraction of sp³-hybridized carbons (Fsp3) is 0.550. The van der Waals surface area contributed by atoms with E-state index < -0.39 is 0 Å². The van der Waals surface area contributed by atoms with Crippen molar-refractivity contribution in [2.45, 2.75) is 51.1 Å². The molecule has 1 aliphatic carbocycles. The Morgan fingerprint density at radius 1 is 1.19 bits per heavy atom. The van der Waals surface area contributed by atoms with E-state index in [2.05, 4.69) is 39.9 Å². The zero-order chi connectivity index (χ0) is 18.1. The minimum Gasteiger partial charge on any atom is -0.337 e. The van der Waals surface area contributed by atoms with E-state index in [0.29, 0.717) is 11.7 Å². The molecule has 1 aromatic carbocycles. The summed E-state index contributed by atoms with van der Waals surface area (Å²) in [5.74, 6) is -0.00735. The SMILES string of the molecule is Cc1c(C(=O)N(C)C2CCc3ccccc3C2)nnn1C1CCNCC1. The van der Waals surface area contributed by atoms with Crippen LogP contribution in [0.25, 0.3) is 0 Å². The van der Waals surface area contributed by atoms with Crippen LogP contribution in [-0.4, -0.2) is 52.0 Å². The summed E-state index contributed by atoms with van der Waals surface area (Å²) in [7, 11) is 1.91. The van der Waals surface area contributed by atoms with Gasteiger partial charge in [0.1, 0.15) is 0 Å². The molecule has 1 atom stereocenters. The molecule has 6 nitrogen and oxygen atoms in total.